The second-order valence-electron chi connectivity index (χ2n) is 6.10. The third-order valence-corrected chi connectivity index (χ3v) is 3.64. The van der Waals surface area contributed by atoms with Crippen molar-refractivity contribution in [1.29, 1.82) is 0 Å². The van der Waals surface area contributed by atoms with Crippen LogP contribution >= 0.6 is 0 Å². The summed E-state index contributed by atoms with van der Waals surface area (Å²) in [5.74, 6) is -0.524. The van der Waals surface area contributed by atoms with Gasteiger partial charge in [0.2, 0.25) is 0 Å². The van der Waals surface area contributed by atoms with Crippen molar-refractivity contribution in [2.45, 2.75) is 51.4 Å². The van der Waals surface area contributed by atoms with Crippen molar-refractivity contribution in [2.75, 3.05) is 6.54 Å². The van der Waals surface area contributed by atoms with Gasteiger partial charge in [0.25, 0.3) is 6.43 Å². The smallest absolute Gasteiger partial charge is 0.410 e. The largest absolute Gasteiger partial charge is 0.444 e. The van der Waals surface area contributed by atoms with Gasteiger partial charge in [-0.25, -0.2) is 13.6 Å². The third-order valence-electron chi connectivity index (χ3n) is 3.64. The third kappa shape index (κ3) is 2.30. The Kier molecular flexibility index (Phi) is 3.25. The highest BCUT2D eigenvalue weighted by molar-refractivity contribution is 5.69. The highest BCUT2D eigenvalue weighted by Gasteiger charge is 2.58. The molecule has 4 nitrogen and oxygen atoms in total. The summed E-state index contributed by atoms with van der Waals surface area (Å²) in [7, 11) is 0. The number of alkyl halides is 2. The van der Waals surface area contributed by atoms with E-state index in [2.05, 4.69) is 0 Å². The predicted molar refractivity (Wildman–Crippen MR) is 60.3 cm³/mol. The van der Waals surface area contributed by atoms with Crippen molar-refractivity contribution in [3.05, 3.63) is 0 Å². The minimum absolute atomic E-state index is 0.0217. The first-order chi connectivity index (χ1) is 8.20. The number of aliphatic hydroxyl groups excluding tert-OH is 1. The van der Waals surface area contributed by atoms with Crippen LogP contribution in [-0.4, -0.2) is 46.8 Å². The molecule has 6 heteroatoms. The van der Waals surface area contributed by atoms with Crippen LogP contribution < -0.4 is 0 Å². The summed E-state index contributed by atoms with van der Waals surface area (Å²) in [6.45, 7) is 5.69. The molecule has 104 valence electrons. The quantitative estimate of drug-likeness (QED) is 0.827. The summed E-state index contributed by atoms with van der Waals surface area (Å²) in [5.41, 5.74) is -0.596. The summed E-state index contributed by atoms with van der Waals surface area (Å²) < 4.78 is 30.2. The van der Waals surface area contributed by atoms with Gasteiger partial charge >= 0.3 is 6.09 Å². The number of hydrogen-bond donors (Lipinski definition) is 1. The molecule has 0 aromatic heterocycles. The number of ether oxygens (including phenoxy) is 1. The molecule has 2 aliphatic heterocycles. The Hall–Kier alpha value is -0.910. The molecule has 2 heterocycles. The fourth-order valence-electron chi connectivity index (χ4n) is 2.87. The first-order valence-electron chi connectivity index (χ1n) is 6.16. The van der Waals surface area contributed by atoms with Gasteiger partial charge < -0.3 is 14.7 Å². The topological polar surface area (TPSA) is 49.8 Å². The maximum atomic E-state index is 12.5. The standard InChI is InChI=1S/C12H19F2NO3/c1-12(2,3)18-11(17)15-5-6-4-7(15)8(6)9(16)10(13)14/h6-10,16H,4-5H2,1-3H3/t6-,7-,8?,9?/m0/s1. The zero-order chi connectivity index (χ0) is 13.7. The molecule has 3 rings (SSSR count). The average molecular weight is 263 g/mol. The summed E-state index contributed by atoms with van der Waals surface area (Å²) in [6.07, 6.45) is -4.17. The van der Waals surface area contributed by atoms with Gasteiger partial charge in [-0.2, -0.15) is 0 Å². The molecular formula is C12H19F2NO3. The molecule has 4 atom stereocenters. The SMILES string of the molecule is CC(C)(C)OC(=O)N1C[C@@H]2C[C@H]1C2C(O)C(F)F. The van der Waals surface area contributed by atoms with E-state index in [-0.39, 0.29) is 12.0 Å². The van der Waals surface area contributed by atoms with Gasteiger partial charge in [-0.1, -0.05) is 0 Å². The molecule has 0 spiro atoms. The maximum Gasteiger partial charge on any atom is 0.410 e. The van der Waals surface area contributed by atoms with Crippen molar-refractivity contribution in [1.82, 2.24) is 4.90 Å². The van der Waals surface area contributed by atoms with Crippen molar-refractivity contribution in [2.24, 2.45) is 11.8 Å². The van der Waals surface area contributed by atoms with Gasteiger partial charge in [-0.15, -0.1) is 0 Å². The van der Waals surface area contributed by atoms with Crippen LogP contribution in [0.4, 0.5) is 13.6 Å². The fourth-order valence-corrected chi connectivity index (χ4v) is 2.87. The van der Waals surface area contributed by atoms with E-state index >= 15 is 0 Å². The minimum atomic E-state index is -2.75. The highest BCUT2D eigenvalue weighted by atomic mass is 19.3. The van der Waals surface area contributed by atoms with Crippen LogP contribution in [-0.2, 0) is 4.74 Å². The second kappa shape index (κ2) is 4.33. The Morgan fingerprint density at radius 1 is 1.44 bits per heavy atom. The molecule has 2 unspecified atom stereocenters. The molecule has 0 aromatic carbocycles. The van der Waals surface area contributed by atoms with E-state index in [0.29, 0.717) is 13.0 Å². The molecule has 0 radical (unpaired) electrons. The molecule has 2 saturated heterocycles. The molecule has 1 saturated carbocycles. The van der Waals surface area contributed by atoms with Crippen LogP contribution in [0.25, 0.3) is 0 Å². The highest BCUT2D eigenvalue weighted by Crippen LogP contribution is 2.49. The van der Waals surface area contributed by atoms with Gasteiger partial charge in [0.05, 0.1) is 0 Å². The van der Waals surface area contributed by atoms with Gasteiger partial charge in [-0.05, 0) is 33.1 Å². The number of fused-ring (bicyclic) bond motifs is 1. The van der Waals surface area contributed by atoms with Crippen LogP contribution in [0.1, 0.15) is 27.2 Å². The lowest BCUT2D eigenvalue weighted by Gasteiger charge is -2.39. The number of carbonyl (C=O) groups is 1. The number of amides is 1. The molecule has 3 fully saturated rings. The van der Waals surface area contributed by atoms with E-state index in [1.165, 1.54) is 4.90 Å². The molecule has 18 heavy (non-hydrogen) atoms. The normalized spacial score (nSPS) is 32.4. The van der Waals surface area contributed by atoms with Crippen molar-refractivity contribution >= 4 is 6.09 Å². The zero-order valence-corrected chi connectivity index (χ0v) is 10.8. The van der Waals surface area contributed by atoms with Crippen LogP contribution in [0.15, 0.2) is 0 Å². The van der Waals surface area contributed by atoms with E-state index < -0.39 is 30.1 Å². The Morgan fingerprint density at radius 2 is 2.06 bits per heavy atom. The van der Waals surface area contributed by atoms with Gasteiger partial charge in [0.15, 0.2) is 0 Å². The van der Waals surface area contributed by atoms with Gasteiger partial charge in [0.1, 0.15) is 11.7 Å². The molecule has 3 aliphatic rings. The monoisotopic (exact) mass is 263 g/mol. The number of halogens is 2. The summed E-state index contributed by atoms with van der Waals surface area (Å²) >= 11 is 0. The molecule has 1 amide bonds. The lowest BCUT2D eigenvalue weighted by molar-refractivity contribution is -0.0818. The van der Waals surface area contributed by atoms with E-state index in [1.54, 1.807) is 20.8 Å². The first kappa shape index (κ1) is 13.5. The Balaban J connectivity index is 1.98. The summed E-state index contributed by atoms with van der Waals surface area (Å²) in [5, 5.41) is 9.43. The van der Waals surface area contributed by atoms with Gasteiger partial charge in [0, 0.05) is 18.5 Å². The zero-order valence-electron chi connectivity index (χ0n) is 10.8. The maximum absolute atomic E-state index is 12.5. The van der Waals surface area contributed by atoms with Crippen LogP contribution in [0.2, 0.25) is 0 Å². The van der Waals surface area contributed by atoms with E-state index in [1.807, 2.05) is 0 Å². The average Bonchev–Trinajstić information content (AvgIpc) is 2.71. The minimum Gasteiger partial charge on any atom is -0.444 e. The molecular weight excluding hydrogens is 244 g/mol. The van der Waals surface area contributed by atoms with Crippen LogP contribution in [0.5, 0.6) is 0 Å². The molecule has 2 bridgehead atoms. The van der Waals surface area contributed by atoms with Crippen LogP contribution in [0.3, 0.4) is 0 Å². The molecule has 1 aliphatic carbocycles. The van der Waals surface area contributed by atoms with Crippen molar-refractivity contribution in [3.8, 4) is 0 Å². The van der Waals surface area contributed by atoms with Crippen molar-refractivity contribution < 1.29 is 23.4 Å². The number of carbonyl (C=O) groups excluding carboxylic acids is 1. The van der Waals surface area contributed by atoms with E-state index in [0.717, 1.165) is 0 Å². The second-order valence-corrected chi connectivity index (χ2v) is 6.10. The predicted octanol–water partition coefficient (Wildman–Crippen LogP) is 1.87. The Bertz CT molecular complexity index is 343. The Morgan fingerprint density at radius 3 is 2.56 bits per heavy atom. The molecule has 0 aromatic rings. The first-order valence-corrected chi connectivity index (χ1v) is 6.16. The fraction of sp³-hybridized carbons (Fsp3) is 0.917. The lowest BCUT2D eigenvalue weighted by atomic mass is 9.71. The number of nitrogens with zero attached hydrogens (tertiary/aromatic N) is 1. The summed E-state index contributed by atoms with van der Waals surface area (Å²) in [4.78, 5) is 13.3. The van der Waals surface area contributed by atoms with E-state index in [4.69, 9.17) is 4.74 Å². The van der Waals surface area contributed by atoms with E-state index in [9.17, 15) is 18.7 Å². The van der Waals surface area contributed by atoms with Gasteiger partial charge in [-0.3, -0.25) is 0 Å². The summed E-state index contributed by atoms with van der Waals surface area (Å²) in [6, 6.07) is -0.297. The van der Waals surface area contributed by atoms with Crippen LogP contribution in [0, 0.1) is 11.8 Å². The number of aliphatic hydroxyl groups is 1. The number of rotatable bonds is 2. The molecule has 1 N–H and O–H groups in total. The Labute approximate surface area is 105 Å². The number of hydrogen-bond acceptors (Lipinski definition) is 3. The lowest BCUT2D eigenvalue weighted by Crippen LogP contribution is -2.49. The van der Waals surface area contributed by atoms with Crippen molar-refractivity contribution in [3.63, 3.8) is 0 Å².